The second-order valence-corrected chi connectivity index (χ2v) is 12.4. The highest BCUT2D eigenvalue weighted by atomic mass is 15.0. The molecule has 0 spiro atoms. The van der Waals surface area contributed by atoms with Crippen molar-refractivity contribution < 1.29 is 0 Å². The molecule has 0 bridgehead atoms. The summed E-state index contributed by atoms with van der Waals surface area (Å²) in [5.74, 6) is 0. The predicted octanol–water partition coefficient (Wildman–Crippen LogP) is 11.8. The number of aromatic nitrogens is 3. The van der Waals surface area contributed by atoms with Crippen molar-refractivity contribution in [2.75, 3.05) is 0 Å². The van der Waals surface area contributed by atoms with Crippen LogP contribution in [-0.2, 0) is 0 Å². The monoisotopic (exact) mass is 611 g/mol. The maximum atomic E-state index is 4.90. The number of nitrogens with zero attached hydrogens (tertiary/aromatic N) is 3. The smallest absolute Gasteiger partial charge is 0.0703 e. The van der Waals surface area contributed by atoms with Crippen LogP contribution in [0.2, 0.25) is 0 Å². The van der Waals surface area contributed by atoms with Crippen LogP contribution in [0.5, 0.6) is 0 Å². The zero-order valence-electron chi connectivity index (χ0n) is 26.1. The highest BCUT2D eigenvalue weighted by molar-refractivity contribution is 6.25. The third-order valence-corrected chi connectivity index (χ3v) is 9.73. The molecule has 0 atom stereocenters. The van der Waals surface area contributed by atoms with Gasteiger partial charge in [0, 0.05) is 50.2 Å². The first-order valence-electron chi connectivity index (χ1n) is 16.4. The number of fused-ring (bicyclic) bond motifs is 8. The van der Waals surface area contributed by atoms with Gasteiger partial charge in [-0.2, -0.15) is 0 Å². The molecule has 3 heterocycles. The molecule has 0 aliphatic carbocycles. The molecule has 10 rings (SSSR count). The molecular weight excluding hydrogens is 583 g/mol. The van der Waals surface area contributed by atoms with Gasteiger partial charge in [-0.1, -0.05) is 115 Å². The van der Waals surface area contributed by atoms with Crippen molar-refractivity contribution in [3.8, 4) is 33.8 Å². The van der Waals surface area contributed by atoms with E-state index in [0.717, 1.165) is 28.2 Å². The molecule has 0 radical (unpaired) electrons. The zero-order valence-corrected chi connectivity index (χ0v) is 26.1. The highest BCUT2D eigenvalue weighted by Gasteiger charge is 2.20. The minimum Gasteiger partial charge on any atom is -0.309 e. The van der Waals surface area contributed by atoms with Crippen molar-refractivity contribution in [1.29, 1.82) is 0 Å². The molecule has 10 aromatic rings. The lowest BCUT2D eigenvalue weighted by Crippen LogP contribution is -1.96. The van der Waals surface area contributed by atoms with Gasteiger partial charge in [-0.25, -0.2) is 0 Å². The Morgan fingerprint density at radius 2 is 1.04 bits per heavy atom. The largest absolute Gasteiger partial charge is 0.309 e. The average molecular weight is 612 g/mol. The standard InChI is InChI=1S/C45H29N3/c1-3-12-30(13-4-1)33-22-24-40(46-29-33)32-15-11-18-35(26-32)48-41-21-10-9-20-37(41)38-27-39-44(28-43(38)48)47(34-16-5-2-6-17-34)42-25-23-31-14-7-8-19-36(31)45(39)42/h1-29H. The van der Waals surface area contributed by atoms with E-state index in [-0.39, 0.29) is 0 Å². The fraction of sp³-hybridized carbons (Fsp3) is 0. The van der Waals surface area contributed by atoms with Crippen molar-refractivity contribution in [3.05, 3.63) is 176 Å². The number of rotatable bonds is 4. The van der Waals surface area contributed by atoms with Crippen LogP contribution in [0.3, 0.4) is 0 Å². The van der Waals surface area contributed by atoms with Gasteiger partial charge in [0.2, 0.25) is 0 Å². The van der Waals surface area contributed by atoms with Crippen molar-refractivity contribution in [1.82, 2.24) is 14.1 Å². The van der Waals surface area contributed by atoms with Gasteiger partial charge in [0.1, 0.15) is 0 Å². The van der Waals surface area contributed by atoms with Gasteiger partial charge in [0.25, 0.3) is 0 Å². The van der Waals surface area contributed by atoms with Crippen molar-refractivity contribution in [3.63, 3.8) is 0 Å². The molecule has 48 heavy (non-hydrogen) atoms. The number of pyridine rings is 1. The Bertz CT molecular complexity index is 2810. The molecule has 224 valence electrons. The van der Waals surface area contributed by atoms with Crippen LogP contribution in [0.4, 0.5) is 0 Å². The summed E-state index contributed by atoms with van der Waals surface area (Å²) >= 11 is 0. The van der Waals surface area contributed by atoms with Crippen LogP contribution < -0.4 is 0 Å². The van der Waals surface area contributed by atoms with Crippen molar-refractivity contribution in [2.45, 2.75) is 0 Å². The quantitative estimate of drug-likeness (QED) is 0.194. The van der Waals surface area contributed by atoms with Crippen molar-refractivity contribution >= 4 is 54.4 Å². The minimum absolute atomic E-state index is 0.954. The van der Waals surface area contributed by atoms with E-state index in [9.17, 15) is 0 Å². The highest BCUT2D eigenvalue weighted by Crippen LogP contribution is 2.42. The number of para-hydroxylation sites is 2. The molecule has 3 heteroatoms. The molecule has 0 unspecified atom stereocenters. The van der Waals surface area contributed by atoms with E-state index in [2.05, 4.69) is 173 Å². The Labute approximate surface area is 277 Å². The average Bonchev–Trinajstić information content (AvgIpc) is 3.67. The first-order valence-corrected chi connectivity index (χ1v) is 16.4. The summed E-state index contributed by atoms with van der Waals surface area (Å²) in [6.07, 6.45) is 1.97. The Balaban J connectivity index is 1.24. The lowest BCUT2D eigenvalue weighted by Gasteiger charge is -2.11. The lowest BCUT2D eigenvalue weighted by molar-refractivity contribution is 1.16. The van der Waals surface area contributed by atoms with E-state index in [0.29, 0.717) is 0 Å². The third-order valence-electron chi connectivity index (χ3n) is 9.73. The Morgan fingerprint density at radius 1 is 0.354 bits per heavy atom. The summed E-state index contributed by atoms with van der Waals surface area (Å²) in [4.78, 5) is 4.90. The second-order valence-electron chi connectivity index (χ2n) is 12.4. The minimum atomic E-state index is 0.954. The van der Waals surface area contributed by atoms with Crippen LogP contribution in [0.1, 0.15) is 0 Å². The Hall–Kier alpha value is -6.45. The van der Waals surface area contributed by atoms with Gasteiger partial charge in [0.15, 0.2) is 0 Å². The van der Waals surface area contributed by atoms with E-state index < -0.39 is 0 Å². The van der Waals surface area contributed by atoms with E-state index in [1.807, 2.05) is 12.3 Å². The van der Waals surface area contributed by atoms with E-state index >= 15 is 0 Å². The lowest BCUT2D eigenvalue weighted by atomic mass is 10.0. The molecule has 0 aliphatic heterocycles. The van der Waals surface area contributed by atoms with E-state index in [1.54, 1.807) is 0 Å². The molecule has 3 nitrogen and oxygen atoms in total. The normalized spacial score (nSPS) is 11.8. The van der Waals surface area contributed by atoms with Crippen LogP contribution >= 0.6 is 0 Å². The molecule has 7 aromatic carbocycles. The SMILES string of the molecule is c1ccc(-c2ccc(-c3cccc(-n4c5ccccc5c5cc6c7c8ccccc8ccc7n(-c7ccccc7)c6cc54)c3)nc2)cc1. The molecular formula is C45H29N3. The van der Waals surface area contributed by atoms with Crippen LogP contribution in [0.25, 0.3) is 88.1 Å². The summed E-state index contributed by atoms with van der Waals surface area (Å²) in [6.45, 7) is 0. The topological polar surface area (TPSA) is 22.8 Å². The molecule has 3 aromatic heterocycles. The number of benzene rings is 7. The molecule has 0 saturated heterocycles. The van der Waals surface area contributed by atoms with Gasteiger partial charge in [-0.15, -0.1) is 0 Å². The summed E-state index contributed by atoms with van der Waals surface area (Å²) in [5.41, 5.74) is 11.4. The fourth-order valence-electron chi connectivity index (χ4n) is 7.55. The molecule has 0 aliphatic rings. The molecule has 0 saturated carbocycles. The molecule has 0 fully saturated rings. The maximum Gasteiger partial charge on any atom is 0.0703 e. The molecule has 0 N–H and O–H groups in total. The first kappa shape index (κ1) is 26.7. The first-order chi connectivity index (χ1) is 23.8. The predicted molar refractivity (Wildman–Crippen MR) is 201 cm³/mol. The van der Waals surface area contributed by atoms with Gasteiger partial charge in [-0.05, 0) is 70.9 Å². The number of hydrogen-bond acceptors (Lipinski definition) is 1. The summed E-state index contributed by atoms with van der Waals surface area (Å²) in [6, 6.07) is 61.0. The van der Waals surface area contributed by atoms with E-state index in [1.165, 1.54) is 59.9 Å². The van der Waals surface area contributed by atoms with Crippen LogP contribution in [-0.4, -0.2) is 14.1 Å². The molecule has 0 amide bonds. The van der Waals surface area contributed by atoms with Crippen LogP contribution in [0, 0.1) is 0 Å². The van der Waals surface area contributed by atoms with Gasteiger partial charge in [-0.3, -0.25) is 4.98 Å². The van der Waals surface area contributed by atoms with Gasteiger partial charge < -0.3 is 9.13 Å². The maximum absolute atomic E-state index is 4.90. The summed E-state index contributed by atoms with van der Waals surface area (Å²) < 4.78 is 4.84. The Kier molecular flexibility index (Phi) is 5.87. The Morgan fingerprint density at radius 3 is 1.88 bits per heavy atom. The summed E-state index contributed by atoms with van der Waals surface area (Å²) in [5, 5.41) is 7.56. The van der Waals surface area contributed by atoms with Gasteiger partial charge in [0.05, 0.1) is 27.8 Å². The van der Waals surface area contributed by atoms with Crippen LogP contribution in [0.15, 0.2) is 176 Å². The fourth-order valence-corrected chi connectivity index (χ4v) is 7.55. The number of hydrogen-bond donors (Lipinski definition) is 0. The van der Waals surface area contributed by atoms with Gasteiger partial charge >= 0.3 is 0 Å². The third kappa shape index (κ3) is 4.04. The summed E-state index contributed by atoms with van der Waals surface area (Å²) in [7, 11) is 0. The zero-order chi connectivity index (χ0) is 31.6. The van der Waals surface area contributed by atoms with E-state index in [4.69, 9.17) is 4.98 Å². The van der Waals surface area contributed by atoms with Crippen molar-refractivity contribution in [2.24, 2.45) is 0 Å². The second kappa shape index (κ2) is 10.5.